The van der Waals surface area contributed by atoms with Gasteiger partial charge >= 0.3 is 0 Å². The van der Waals surface area contributed by atoms with Gasteiger partial charge in [0.1, 0.15) is 6.54 Å². The van der Waals surface area contributed by atoms with E-state index in [9.17, 15) is 9.59 Å². The van der Waals surface area contributed by atoms with Crippen LogP contribution < -0.4 is 5.32 Å². The number of amides is 2. The van der Waals surface area contributed by atoms with Crippen molar-refractivity contribution in [3.63, 3.8) is 0 Å². The lowest BCUT2D eigenvalue weighted by Crippen LogP contribution is -2.42. The molecule has 1 N–H and O–H groups in total. The number of para-hydroxylation sites is 2. The molecular formula is C21H30N4O2S. The van der Waals surface area contributed by atoms with Crippen LogP contribution in [0.15, 0.2) is 29.4 Å². The number of nitrogens with one attached hydrogen (secondary N) is 1. The Labute approximate surface area is 171 Å². The van der Waals surface area contributed by atoms with Crippen LogP contribution in [0.3, 0.4) is 0 Å². The Bertz CT molecular complexity index is 856. The van der Waals surface area contributed by atoms with E-state index in [1.165, 1.54) is 18.2 Å². The fourth-order valence-corrected chi connectivity index (χ4v) is 4.47. The maximum Gasteiger partial charge on any atom is 0.240 e. The number of imidazole rings is 1. The molecule has 0 radical (unpaired) electrons. The highest BCUT2D eigenvalue weighted by Gasteiger charge is 2.23. The first kappa shape index (κ1) is 20.7. The predicted molar refractivity (Wildman–Crippen MR) is 113 cm³/mol. The molecule has 0 spiro atoms. The average molecular weight is 403 g/mol. The topological polar surface area (TPSA) is 67.2 Å². The summed E-state index contributed by atoms with van der Waals surface area (Å²) in [6.45, 7) is 9.95. The highest BCUT2D eigenvalue weighted by Crippen LogP contribution is 2.25. The molecule has 0 saturated carbocycles. The molecule has 1 aliphatic rings. The zero-order valence-corrected chi connectivity index (χ0v) is 18.0. The van der Waals surface area contributed by atoms with E-state index >= 15 is 0 Å². The first-order chi connectivity index (χ1) is 13.2. The van der Waals surface area contributed by atoms with Crippen LogP contribution in [0.1, 0.15) is 40.5 Å². The van der Waals surface area contributed by atoms with Crippen molar-refractivity contribution < 1.29 is 9.59 Å². The molecule has 1 saturated heterocycles. The van der Waals surface area contributed by atoms with Gasteiger partial charge in [-0.2, -0.15) is 0 Å². The molecule has 2 heterocycles. The number of hydrogen-bond acceptors (Lipinski definition) is 4. The van der Waals surface area contributed by atoms with Crippen molar-refractivity contribution in [3.8, 4) is 0 Å². The van der Waals surface area contributed by atoms with E-state index in [1.54, 1.807) is 0 Å². The lowest BCUT2D eigenvalue weighted by Gasteiger charge is -2.30. The summed E-state index contributed by atoms with van der Waals surface area (Å²) < 4.78 is 1.91. The molecule has 0 unspecified atom stereocenters. The van der Waals surface area contributed by atoms with Gasteiger partial charge in [-0.05, 0) is 51.7 Å². The molecule has 1 fully saturated rings. The first-order valence-electron chi connectivity index (χ1n) is 9.90. The largest absolute Gasteiger partial charge is 0.350 e. The molecule has 0 aliphatic carbocycles. The van der Waals surface area contributed by atoms with Gasteiger partial charge in [0.2, 0.25) is 11.8 Å². The second-order valence-electron chi connectivity index (χ2n) is 8.64. The maximum absolute atomic E-state index is 12.6. The van der Waals surface area contributed by atoms with Crippen molar-refractivity contribution in [2.24, 2.45) is 5.92 Å². The minimum Gasteiger partial charge on any atom is -0.350 e. The fourth-order valence-electron chi connectivity index (χ4n) is 3.55. The summed E-state index contributed by atoms with van der Waals surface area (Å²) in [7, 11) is 0. The molecule has 1 aliphatic heterocycles. The van der Waals surface area contributed by atoms with Crippen LogP contribution in [-0.2, 0) is 16.1 Å². The highest BCUT2D eigenvalue weighted by atomic mass is 32.2. The zero-order valence-electron chi connectivity index (χ0n) is 17.2. The highest BCUT2D eigenvalue weighted by molar-refractivity contribution is 7.99. The Morgan fingerprint density at radius 2 is 2.04 bits per heavy atom. The van der Waals surface area contributed by atoms with Crippen LogP contribution in [0.2, 0.25) is 0 Å². The second-order valence-corrected chi connectivity index (χ2v) is 9.59. The van der Waals surface area contributed by atoms with Crippen LogP contribution in [0.5, 0.6) is 0 Å². The monoisotopic (exact) mass is 402 g/mol. The van der Waals surface area contributed by atoms with Crippen LogP contribution >= 0.6 is 11.8 Å². The van der Waals surface area contributed by atoms with Crippen LogP contribution in [0, 0.1) is 5.92 Å². The normalized spacial score (nSPS) is 17.7. The summed E-state index contributed by atoms with van der Waals surface area (Å²) in [5.74, 6) is 0.994. The van der Waals surface area contributed by atoms with Crippen molar-refractivity contribution in [1.82, 2.24) is 19.8 Å². The molecule has 28 heavy (non-hydrogen) atoms. The number of carbonyl (C=O) groups is 2. The van der Waals surface area contributed by atoms with Gasteiger partial charge in [-0.15, -0.1) is 0 Å². The molecular weight excluding hydrogens is 372 g/mol. The minimum atomic E-state index is -0.290. The molecule has 152 valence electrons. The summed E-state index contributed by atoms with van der Waals surface area (Å²) in [5.41, 5.74) is 1.46. The van der Waals surface area contributed by atoms with E-state index in [-0.39, 0.29) is 23.9 Å². The number of aromatic nitrogens is 2. The van der Waals surface area contributed by atoms with Crippen molar-refractivity contribution in [2.75, 3.05) is 18.8 Å². The molecule has 6 nitrogen and oxygen atoms in total. The number of piperidine rings is 1. The SMILES string of the molecule is C[C@H]1CCCN(C(=O)CSc2nc3ccccc3n2CC(=O)NC(C)(C)C)C1. The Kier molecular flexibility index (Phi) is 6.33. The van der Waals surface area contributed by atoms with E-state index in [0.29, 0.717) is 16.8 Å². The molecule has 0 bridgehead atoms. The number of rotatable bonds is 5. The number of benzene rings is 1. The van der Waals surface area contributed by atoms with E-state index in [1.807, 2.05) is 54.5 Å². The summed E-state index contributed by atoms with van der Waals surface area (Å²) in [6.07, 6.45) is 2.26. The number of hydrogen-bond donors (Lipinski definition) is 1. The molecule has 2 aromatic rings. The van der Waals surface area contributed by atoms with Gasteiger partial charge in [-0.1, -0.05) is 30.8 Å². The van der Waals surface area contributed by atoms with Gasteiger partial charge in [-0.3, -0.25) is 9.59 Å². The third-order valence-electron chi connectivity index (χ3n) is 4.77. The van der Waals surface area contributed by atoms with Gasteiger partial charge in [-0.25, -0.2) is 4.98 Å². The smallest absolute Gasteiger partial charge is 0.240 e. The van der Waals surface area contributed by atoms with Crippen molar-refractivity contribution in [2.45, 2.75) is 57.8 Å². The van der Waals surface area contributed by atoms with Gasteiger partial charge in [0, 0.05) is 18.6 Å². The number of carbonyl (C=O) groups excluding carboxylic acids is 2. The Balaban J connectivity index is 1.74. The predicted octanol–water partition coefficient (Wildman–Crippen LogP) is 3.30. The molecule has 1 aromatic carbocycles. The maximum atomic E-state index is 12.6. The van der Waals surface area contributed by atoms with Crippen molar-refractivity contribution in [1.29, 1.82) is 0 Å². The third kappa shape index (κ3) is 5.28. The first-order valence-corrected chi connectivity index (χ1v) is 10.9. The van der Waals surface area contributed by atoms with Gasteiger partial charge in [0.15, 0.2) is 5.16 Å². The van der Waals surface area contributed by atoms with Gasteiger partial charge in [0.05, 0.1) is 16.8 Å². The number of thioether (sulfide) groups is 1. The fraction of sp³-hybridized carbons (Fsp3) is 0.571. The van der Waals surface area contributed by atoms with E-state index in [4.69, 9.17) is 0 Å². The standard InChI is InChI=1S/C21H30N4O2S/c1-15-8-7-11-24(12-15)19(27)14-28-20-22-16-9-5-6-10-17(16)25(20)13-18(26)23-21(2,3)4/h5-6,9-10,15H,7-8,11-14H2,1-4H3,(H,23,26)/t15-/m0/s1. The molecule has 3 rings (SSSR count). The molecule has 2 amide bonds. The lowest BCUT2D eigenvalue weighted by molar-refractivity contribution is -0.130. The minimum absolute atomic E-state index is 0.0614. The van der Waals surface area contributed by atoms with Crippen molar-refractivity contribution >= 4 is 34.6 Å². The average Bonchev–Trinajstić information content (AvgIpc) is 2.95. The summed E-state index contributed by atoms with van der Waals surface area (Å²) in [6, 6.07) is 7.77. The Morgan fingerprint density at radius 3 is 2.75 bits per heavy atom. The third-order valence-corrected chi connectivity index (χ3v) is 5.73. The molecule has 1 aromatic heterocycles. The summed E-state index contributed by atoms with van der Waals surface area (Å²) in [4.78, 5) is 31.8. The number of fused-ring (bicyclic) bond motifs is 1. The second kappa shape index (κ2) is 8.55. The van der Waals surface area contributed by atoms with Crippen LogP contribution in [0.4, 0.5) is 0 Å². The number of nitrogens with zero attached hydrogens (tertiary/aromatic N) is 3. The quantitative estimate of drug-likeness (QED) is 0.779. The van der Waals surface area contributed by atoms with E-state index < -0.39 is 0 Å². The Morgan fingerprint density at radius 1 is 1.29 bits per heavy atom. The number of likely N-dealkylation sites (tertiary alicyclic amines) is 1. The van der Waals surface area contributed by atoms with E-state index in [2.05, 4.69) is 17.2 Å². The van der Waals surface area contributed by atoms with Gasteiger partial charge in [0.25, 0.3) is 0 Å². The summed E-state index contributed by atoms with van der Waals surface area (Å²) in [5, 5.41) is 3.71. The van der Waals surface area contributed by atoms with Gasteiger partial charge < -0.3 is 14.8 Å². The summed E-state index contributed by atoms with van der Waals surface area (Å²) >= 11 is 1.42. The molecule has 1 atom stereocenters. The molecule has 7 heteroatoms. The Hall–Kier alpha value is -2.02. The zero-order chi connectivity index (χ0) is 20.3. The van der Waals surface area contributed by atoms with Crippen LogP contribution in [0.25, 0.3) is 11.0 Å². The lowest BCUT2D eigenvalue weighted by atomic mass is 10.0. The van der Waals surface area contributed by atoms with Crippen LogP contribution in [-0.4, -0.2) is 50.6 Å². The van der Waals surface area contributed by atoms with Crippen molar-refractivity contribution in [3.05, 3.63) is 24.3 Å². The van der Waals surface area contributed by atoms with E-state index in [0.717, 1.165) is 30.5 Å².